The number of nitrogens with zero attached hydrogens (tertiary/aromatic N) is 2. The minimum atomic E-state index is -0.140. The second kappa shape index (κ2) is 5.25. The molecule has 2 aliphatic heterocycles. The van der Waals surface area contributed by atoms with Crippen LogP contribution in [0.4, 0.5) is 4.79 Å². The monoisotopic (exact) mass is 296 g/mol. The van der Waals surface area contributed by atoms with E-state index in [0.29, 0.717) is 12.1 Å². The Bertz CT molecular complexity index is 708. The van der Waals surface area contributed by atoms with Crippen LogP contribution in [0, 0.1) is 6.92 Å². The van der Waals surface area contributed by atoms with E-state index in [1.54, 1.807) is 12.4 Å². The first-order chi connectivity index (χ1) is 10.7. The molecular weight excluding hydrogens is 276 g/mol. The van der Waals surface area contributed by atoms with E-state index < -0.39 is 0 Å². The molecule has 1 aromatic heterocycles. The normalized spacial score (nSPS) is 26.3. The highest BCUT2D eigenvalue weighted by Gasteiger charge is 2.39. The first kappa shape index (κ1) is 13.5. The molecule has 0 unspecified atom stereocenters. The predicted octanol–water partition coefficient (Wildman–Crippen LogP) is 2.31. The fourth-order valence-electron chi connectivity index (χ4n) is 3.68. The lowest BCUT2D eigenvalue weighted by molar-refractivity contribution is 0.233. The van der Waals surface area contributed by atoms with Crippen molar-refractivity contribution in [2.45, 2.75) is 44.3 Å². The molecule has 4 rings (SSSR count). The molecule has 0 aliphatic carbocycles. The van der Waals surface area contributed by atoms with Crippen molar-refractivity contribution in [2.75, 3.05) is 0 Å². The van der Waals surface area contributed by atoms with Crippen molar-refractivity contribution in [3.8, 4) is 11.1 Å². The molecule has 0 radical (unpaired) electrons. The average molecular weight is 296 g/mol. The van der Waals surface area contributed by atoms with Gasteiger partial charge in [-0.15, -0.1) is 0 Å². The lowest BCUT2D eigenvalue weighted by atomic mass is 9.96. The quantitative estimate of drug-likeness (QED) is 0.894. The third-order valence-electron chi connectivity index (χ3n) is 4.86. The smallest absolute Gasteiger partial charge is 0.332 e. The van der Waals surface area contributed by atoms with Crippen molar-refractivity contribution >= 4 is 6.03 Å². The summed E-state index contributed by atoms with van der Waals surface area (Å²) < 4.78 is 1.41. The number of hydrogen-bond donors (Lipinski definition) is 2. The average Bonchev–Trinajstić information content (AvgIpc) is 3.24. The molecule has 114 valence electrons. The van der Waals surface area contributed by atoms with E-state index in [2.05, 4.69) is 34.8 Å². The van der Waals surface area contributed by atoms with Gasteiger partial charge in [0.1, 0.15) is 0 Å². The second-order valence-corrected chi connectivity index (χ2v) is 6.33. The molecule has 5 heteroatoms. The molecular formula is C17H20N4O. The first-order valence-corrected chi connectivity index (χ1v) is 7.88. The number of rotatable bonds is 2. The molecule has 22 heavy (non-hydrogen) atoms. The number of carbonyl (C=O) groups excluding carboxylic acids is 1. The molecule has 2 N–H and O–H groups in total. The summed E-state index contributed by atoms with van der Waals surface area (Å²) in [7, 11) is 0. The van der Waals surface area contributed by atoms with Crippen molar-refractivity contribution in [2.24, 2.45) is 0 Å². The maximum atomic E-state index is 12.4. The molecule has 0 saturated carbocycles. The Kier molecular flexibility index (Phi) is 3.22. The zero-order chi connectivity index (χ0) is 15.1. The van der Waals surface area contributed by atoms with Gasteiger partial charge >= 0.3 is 6.03 Å². The van der Waals surface area contributed by atoms with Crippen molar-refractivity contribution in [1.82, 2.24) is 20.4 Å². The van der Waals surface area contributed by atoms with Gasteiger partial charge in [0.05, 0.1) is 6.20 Å². The number of aromatic nitrogens is 2. The van der Waals surface area contributed by atoms with Crippen LogP contribution in [0.25, 0.3) is 11.1 Å². The van der Waals surface area contributed by atoms with E-state index in [1.165, 1.54) is 16.7 Å². The Morgan fingerprint density at radius 2 is 2.23 bits per heavy atom. The molecule has 2 bridgehead atoms. The topological polar surface area (TPSA) is 59.0 Å². The van der Waals surface area contributed by atoms with Crippen LogP contribution >= 0.6 is 0 Å². The van der Waals surface area contributed by atoms with E-state index >= 15 is 0 Å². The SMILES string of the molecule is Cc1ccccc1-c1cnn(C(=O)N[C@@H]2C[C@H]3CC[C@@H]2N3)c1. The van der Waals surface area contributed by atoms with Gasteiger partial charge in [-0.25, -0.2) is 4.79 Å². The number of benzene rings is 1. The number of aryl methyl sites for hydroxylation is 1. The minimum absolute atomic E-state index is 0.140. The standard InChI is InChI=1S/C17H20N4O/c1-11-4-2-3-5-14(11)12-9-18-21(10-12)17(22)20-16-8-13-6-7-15(16)19-13/h2-5,9-10,13,15-16,19H,6-8H2,1H3,(H,20,22)/t13-,15+,16-/m1/s1. The highest BCUT2D eigenvalue weighted by Crippen LogP contribution is 2.28. The summed E-state index contributed by atoms with van der Waals surface area (Å²) in [5.74, 6) is 0. The van der Waals surface area contributed by atoms with Crippen molar-refractivity contribution in [3.63, 3.8) is 0 Å². The molecule has 3 atom stereocenters. The van der Waals surface area contributed by atoms with Crippen molar-refractivity contribution in [1.29, 1.82) is 0 Å². The first-order valence-electron chi connectivity index (χ1n) is 7.88. The highest BCUT2D eigenvalue weighted by molar-refractivity contribution is 5.78. The van der Waals surface area contributed by atoms with Crippen molar-refractivity contribution in [3.05, 3.63) is 42.2 Å². The number of fused-ring (bicyclic) bond motifs is 2. The van der Waals surface area contributed by atoms with Crippen LogP contribution < -0.4 is 10.6 Å². The summed E-state index contributed by atoms with van der Waals surface area (Å²) in [5, 5.41) is 10.9. The fraction of sp³-hybridized carbons (Fsp3) is 0.412. The van der Waals surface area contributed by atoms with Gasteiger partial charge in [-0.3, -0.25) is 0 Å². The maximum Gasteiger partial charge on any atom is 0.342 e. The Balaban J connectivity index is 1.49. The molecule has 2 aromatic rings. The fourth-order valence-corrected chi connectivity index (χ4v) is 3.68. The van der Waals surface area contributed by atoms with Crippen LogP contribution in [0.15, 0.2) is 36.7 Å². The van der Waals surface area contributed by atoms with Crippen molar-refractivity contribution < 1.29 is 4.79 Å². The highest BCUT2D eigenvalue weighted by atomic mass is 16.2. The van der Waals surface area contributed by atoms with E-state index in [0.717, 1.165) is 24.0 Å². The minimum Gasteiger partial charge on any atom is -0.332 e. The Morgan fingerprint density at radius 1 is 1.36 bits per heavy atom. The number of nitrogens with one attached hydrogen (secondary N) is 2. The molecule has 2 aliphatic rings. The van der Waals surface area contributed by atoms with E-state index in [4.69, 9.17) is 0 Å². The van der Waals surface area contributed by atoms with Crippen LogP contribution in [0.2, 0.25) is 0 Å². The number of carbonyl (C=O) groups is 1. The lowest BCUT2D eigenvalue weighted by Crippen LogP contribution is -2.44. The van der Waals surface area contributed by atoms with E-state index in [9.17, 15) is 4.79 Å². The summed E-state index contributed by atoms with van der Waals surface area (Å²) in [6.07, 6.45) is 6.97. The summed E-state index contributed by atoms with van der Waals surface area (Å²) in [4.78, 5) is 12.4. The largest absolute Gasteiger partial charge is 0.342 e. The second-order valence-electron chi connectivity index (χ2n) is 6.33. The van der Waals surface area contributed by atoms with Gasteiger partial charge in [0.25, 0.3) is 0 Å². The van der Waals surface area contributed by atoms with Crippen LogP contribution in [-0.2, 0) is 0 Å². The predicted molar refractivity (Wildman–Crippen MR) is 84.7 cm³/mol. The summed E-state index contributed by atoms with van der Waals surface area (Å²) in [5.41, 5.74) is 3.27. The van der Waals surface area contributed by atoms with Crippen LogP contribution in [0.1, 0.15) is 24.8 Å². The van der Waals surface area contributed by atoms with Gasteiger partial charge < -0.3 is 10.6 Å². The molecule has 0 spiro atoms. The van der Waals surface area contributed by atoms with Crippen LogP contribution in [0.5, 0.6) is 0 Å². The summed E-state index contributed by atoms with van der Waals surface area (Å²) in [6.45, 7) is 2.06. The number of amides is 1. The van der Waals surface area contributed by atoms with Crippen LogP contribution in [-0.4, -0.2) is 33.9 Å². The van der Waals surface area contributed by atoms with Gasteiger partial charge in [0.15, 0.2) is 0 Å². The summed E-state index contributed by atoms with van der Waals surface area (Å²) in [6, 6.07) is 9.23. The molecule has 2 fully saturated rings. The van der Waals surface area contributed by atoms with Gasteiger partial charge in [-0.1, -0.05) is 24.3 Å². The molecule has 5 nitrogen and oxygen atoms in total. The molecule has 2 saturated heterocycles. The summed E-state index contributed by atoms with van der Waals surface area (Å²) >= 11 is 0. The van der Waals surface area contributed by atoms with Gasteiger partial charge in [-0.2, -0.15) is 9.78 Å². The Labute approximate surface area is 129 Å². The van der Waals surface area contributed by atoms with Gasteiger partial charge in [-0.05, 0) is 37.3 Å². The Morgan fingerprint density at radius 3 is 2.95 bits per heavy atom. The zero-order valence-electron chi connectivity index (χ0n) is 12.6. The van der Waals surface area contributed by atoms with Crippen LogP contribution in [0.3, 0.4) is 0 Å². The van der Waals surface area contributed by atoms with E-state index in [-0.39, 0.29) is 12.1 Å². The molecule has 1 amide bonds. The third kappa shape index (κ3) is 2.31. The van der Waals surface area contributed by atoms with Gasteiger partial charge in [0.2, 0.25) is 0 Å². The lowest BCUT2D eigenvalue weighted by Gasteiger charge is -2.21. The number of hydrogen-bond acceptors (Lipinski definition) is 3. The maximum absolute atomic E-state index is 12.4. The molecule has 3 heterocycles. The van der Waals surface area contributed by atoms with E-state index in [1.807, 2.05) is 12.1 Å². The Hall–Kier alpha value is -2.14. The third-order valence-corrected chi connectivity index (χ3v) is 4.86. The zero-order valence-corrected chi connectivity index (χ0v) is 12.6. The van der Waals surface area contributed by atoms with Gasteiger partial charge in [0, 0.05) is 29.9 Å². The molecule has 1 aromatic carbocycles.